The molecule has 0 spiro atoms. The number of alkyl carbamates (subject to hydrolysis) is 1. The first-order valence-electron chi connectivity index (χ1n) is 15.0. The van der Waals surface area contributed by atoms with Crippen molar-refractivity contribution in [1.82, 2.24) is 15.5 Å². The van der Waals surface area contributed by atoms with E-state index in [1.807, 2.05) is 6.07 Å². The van der Waals surface area contributed by atoms with E-state index in [0.717, 1.165) is 37.8 Å². The number of carbonyl (C=O) groups is 2. The molecule has 1 saturated heterocycles. The lowest BCUT2D eigenvalue weighted by atomic mass is 9.46. The minimum absolute atomic E-state index is 0.0305. The fourth-order valence-corrected chi connectivity index (χ4v) is 9.10. The number of carbonyl (C=O) groups excluding carboxylic acids is 2. The predicted octanol–water partition coefficient (Wildman–Crippen LogP) is 4.21. The minimum Gasteiger partial charge on any atom is -0.446 e. The van der Waals surface area contributed by atoms with Crippen molar-refractivity contribution in [1.29, 1.82) is 0 Å². The largest absolute Gasteiger partial charge is 0.446 e. The summed E-state index contributed by atoms with van der Waals surface area (Å²) in [7, 11) is 0. The molecular weight excluding hydrogens is 494 g/mol. The molecule has 0 bridgehead atoms. The van der Waals surface area contributed by atoms with E-state index in [9.17, 15) is 14.4 Å². The number of ether oxygens (including phenoxy) is 1. The average molecular weight is 538 g/mol. The molecule has 0 unspecified atom stereocenters. The van der Waals surface area contributed by atoms with Crippen LogP contribution in [-0.4, -0.2) is 55.7 Å². The number of piperazine rings is 1. The quantitative estimate of drug-likeness (QED) is 0.546. The summed E-state index contributed by atoms with van der Waals surface area (Å²) in [5, 5.41) is 5.93. The van der Waals surface area contributed by atoms with Crippen LogP contribution in [0.5, 0.6) is 0 Å². The number of amides is 2. The van der Waals surface area contributed by atoms with Crippen LogP contribution in [0.15, 0.2) is 39.3 Å². The molecule has 4 aliphatic carbocycles. The highest BCUT2D eigenvalue weighted by Crippen LogP contribution is 2.67. The summed E-state index contributed by atoms with van der Waals surface area (Å²) < 4.78 is 11.1. The van der Waals surface area contributed by atoms with Crippen molar-refractivity contribution in [3.63, 3.8) is 0 Å². The third-order valence-electron chi connectivity index (χ3n) is 11.3. The van der Waals surface area contributed by atoms with Gasteiger partial charge in [-0.25, -0.2) is 9.59 Å². The van der Waals surface area contributed by atoms with Gasteiger partial charge in [-0.3, -0.25) is 4.79 Å². The fourth-order valence-electron chi connectivity index (χ4n) is 9.10. The Bertz CT molecular complexity index is 1170. The van der Waals surface area contributed by atoms with Crippen LogP contribution in [0.4, 0.5) is 4.79 Å². The van der Waals surface area contributed by atoms with Gasteiger partial charge in [-0.1, -0.05) is 25.5 Å². The van der Waals surface area contributed by atoms with Gasteiger partial charge in [-0.15, -0.1) is 0 Å². The average Bonchev–Trinajstić information content (AvgIpc) is 3.28. The highest BCUT2D eigenvalue weighted by molar-refractivity contribution is 5.79. The molecule has 5 aliphatic rings. The first-order valence-corrected chi connectivity index (χ1v) is 15.0. The van der Waals surface area contributed by atoms with Crippen LogP contribution in [-0.2, 0) is 9.53 Å². The highest BCUT2D eigenvalue weighted by atomic mass is 16.6. The second-order valence-electron chi connectivity index (χ2n) is 13.1. The van der Waals surface area contributed by atoms with E-state index in [4.69, 9.17) is 9.15 Å². The van der Waals surface area contributed by atoms with Crippen molar-refractivity contribution in [3.8, 4) is 0 Å². The topological polar surface area (TPSA) is 101 Å². The lowest BCUT2D eigenvalue weighted by Gasteiger charge is -2.59. The molecule has 2 N–H and O–H groups in total. The summed E-state index contributed by atoms with van der Waals surface area (Å²) in [6.07, 6.45) is 12.6. The zero-order valence-corrected chi connectivity index (χ0v) is 23.4. The van der Waals surface area contributed by atoms with Crippen LogP contribution >= 0.6 is 0 Å². The van der Waals surface area contributed by atoms with Gasteiger partial charge in [0.2, 0.25) is 5.91 Å². The van der Waals surface area contributed by atoms with E-state index in [0.29, 0.717) is 49.9 Å². The normalized spacial score (nSPS) is 37.8. The van der Waals surface area contributed by atoms with E-state index in [1.165, 1.54) is 25.7 Å². The first kappa shape index (κ1) is 26.6. The maximum atomic E-state index is 12.5. The van der Waals surface area contributed by atoms with E-state index < -0.39 is 0 Å². The standard InChI is InChI=1S/C31H43N3O5/c1-30-11-9-22(39-29(37)33-14-16-34-15-13-32-18-27(34)35)17-21(30)4-5-23-25-7-6-24(20-3-8-28(36)38-19-20)31(25,2)12-10-26(23)30/h3,7-8,19,21-24,26,32H,4-6,9-18H2,1-2H3,(H,33,37)/t21-,22+,23+,24-,26+,30+,31-/m1/s1. The molecule has 4 fully saturated rings. The monoisotopic (exact) mass is 537 g/mol. The van der Waals surface area contributed by atoms with Crippen molar-refractivity contribution in [3.05, 3.63) is 46.0 Å². The van der Waals surface area contributed by atoms with E-state index in [1.54, 1.807) is 22.8 Å². The molecule has 2 amide bonds. The molecule has 212 valence electrons. The maximum absolute atomic E-state index is 12.5. The zero-order valence-electron chi connectivity index (χ0n) is 23.4. The number of hydrogen-bond donors (Lipinski definition) is 2. The van der Waals surface area contributed by atoms with Gasteiger partial charge in [0.05, 0.1) is 12.8 Å². The second kappa shape index (κ2) is 10.4. The van der Waals surface area contributed by atoms with Gasteiger partial charge < -0.3 is 24.7 Å². The van der Waals surface area contributed by atoms with Crippen molar-refractivity contribution in [2.75, 3.05) is 32.7 Å². The lowest BCUT2D eigenvalue weighted by Crippen LogP contribution is -2.52. The molecule has 0 aromatic carbocycles. The van der Waals surface area contributed by atoms with E-state index >= 15 is 0 Å². The number of nitrogens with zero attached hydrogens (tertiary/aromatic N) is 1. The molecule has 8 nitrogen and oxygen atoms in total. The van der Waals surface area contributed by atoms with Crippen LogP contribution in [0.2, 0.25) is 0 Å². The Balaban J connectivity index is 1.05. The van der Waals surface area contributed by atoms with Gasteiger partial charge in [0, 0.05) is 32.2 Å². The Kier molecular flexibility index (Phi) is 7.11. The van der Waals surface area contributed by atoms with Crippen molar-refractivity contribution >= 4 is 12.0 Å². The Morgan fingerprint density at radius 1 is 1.18 bits per heavy atom. The molecule has 3 saturated carbocycles. The van der Waals surface area contributed by atoms with Gasteiger partial charge in [0.15, 0.2) is 0 Å². The number of nitrogens with one attached hydrogen (secondary N) is 2. The second-order valence-corrected chi connectivity index (χ2v) is 13.1. The maximum Gasteiger partial charge on any atom is 0.407 e. The zero-order chi connectivity index (χ0) is 27.2. The summed E-state index contributed by atoms with van der Waals surface area (Å²) in [4.78, 5) is 37.8. The SMILES string of the molecule is C[C@]12CC[C@H](OC(=O)NCCN3CCNCC3=O)C[C@H]1CC[C@H]1C3=CC[C@H](c4ccc(=O)oc4)[C@@]3(C)CC[C@@H]12. The molecular formula is C31H43N3O5. The van der Waals surface area contributed by atoms with Crippen molar-refractivity contribution < 1.29 is 18.7 Å². The van der Waals surface area contributed by atoms with Gasteiger partial charge in [-0.05, 0) is 97.5 Å². The molecule has 7 atom stereocenters. The number of allylic oxidation sites excluding steroid dienone is 2. The summed E-state index contributed by atoms with van der Waals surface area (Å²) in [6.45, 7) is 7.75. The molecule has 2 heterocycles. The molecule has 1 aromatic rings. The molecule has 6 rings (SSSR count). The Hall–Kier alpha value is -2.61. The van der Waals surface area contributed by atoms with E-state index in [-0.39, 0.29) is 34.6 Å². The summed E-state index contributed by atoms with van der Waals surface area (Å²) in [5.74, 6) is 2.34. The van der Waals surface area contributed by atoms with Gasteiger partial charge in [-0.2, -0.15) is 0 Å². The van der Waals surface area contributed by atoms with E-state index in [2.05, 4.69) is 30.6 Å². The van der Waals surface area contributed by atoms with Crippen molar-refractivity contribution in [2.45, 2.75) is 77.2 Å². The summed E-state index contributed by atoms with van der Waals surface area (Å²) >= 11 is 0. The van der Waals surface area contributed by atoms with Gasteiger partial charge >= 0.3 is 11.7 Å². The van der Waals surface area contributed by atoms with Crippen LogP contribution in [0.1, 0.15) is 76.7 Å². The summed E-state index contributed by atoms with van der Waals surface area (Å²) in [6, 6.07) is 3.52. The number of rotatable bonds is 5. The Morgan fingerprint density at radius 2 is 2.05 bits per heavy atom. The molecule has 39 heavy (non-hydrogen) atoms. The highest BCUT2D eigenvalue weighted by Gasteiger charge is 2.58. The molecule has 1 aliphatic heterocycles. The summed E-state index contributed by atoms with van der Waals surface area (Å²) in [5.41, 5.74) is 2.93. The molecule has 1 aromatic heterocycles. The Labute approximate surface area is 230 Å². The smallest absolute Gasteiger partial charge is 0.407 e. The van der Waals surface area contributed by atoms with Crippen LogP contribution in [0.3, 0.4) is 0 Å². The number of fused-ring (bicyclic) bond motifs is 5. The predicted molar refractivity (Wildman–Crippen MR) is 147 cm³/mol. The third kappa shape index (κ3) is 4.83. The van der Waals surface area contributed by atoms with Crippen molar-refractivity contribution in [2.24, 2.45) is 28.6 Å². The van der Waals surface area contributed by atoms with Crippen LogP contribution < -0.4 is 16.3 Å². The van der Waals surface area contributed by atoms with Gasteiger partial charge in [0.1, 0.15) is 6.10 Å². The number of hydrogen-bond acceptors (Lipinski definition) is 6. The molecule has 8 heteroatoms. The molecule has 0 radical (unpaired) electrons. The van der Waals surface area contributed by atoms with Crippen LogP contribution in [0, 0.1) is 28.6 Å². The van der Waals surface area contributed by atoms with Gasteiger partial charge in [0.25, 0.3) is 0 Å². The third-order valence-corrected chi connectivity index (χ3v) is 11.3. The first-order chi connectivity index (χ1) is 18.8. The Morgan fingerprint density at radius 3 is 2.85 bits per heavy atom. The minimum atomic E-state index is -0.354. The van der Waals surface area contributed by atoms with Crippen LogP contribution in [0.25, 0.3) is 0 Å². The lowest BCUT2D eigenvalue weighted by molar-refractivity contribution is -0.131. The fraction of sp³-hybridized carbons (Fsp3) is 0.710.